The van der Waals surface area contributed by atoms with E-state index in [-0.39, 0.29) is 30.6 Å². The third-order valence-corrected chi connectivity index (χ3v) is 4.35. The number of benzene rings is 2. The Morgan fingerprint density at radius 3 is 2.72 bits per heavy atom. The second-order valence-corrected chi connectivity index (χ2v) is 6.28. The normalized spacial score (nSPS) is 13.3. The number of anilines is 1. The summed E-state index contributed by atoms with van der Waals surface area (Å²) in [5, 5.41) is 2.74. The summed E-state index contributed by atoms with van der Waals surface area (Å²) in [5.74, 6) is -0.734. The number of fused-ring (bicyclic) bond motifs is 1. The molecule has 1 N–H and O–H groups in total. The maximum absolute atomic E-state index is 14.4. The number of rotatable bonds is 4. The summed E-state index contributed by atoms with van der Waals surface area (Å²) in [6.45, 7) is 2.59. The number of amides is 2. The van der Waals surface area contributed by atoms with E-state index in [0.29, 0.717) is 17.8 Å². The molecule has 4 nitrogen and oxygen atoms in total. The van der Waals surface area contributed by atoms with E-state index < -0.39 is 0 Å². The first-order chi connectivity index (χ1) is 12.1. The lowest BCUT2D eigenvalue weighted by molar-refractivity contribution is -0.118. The minimum absolute atomic E-state index is 0.144. The van der Waals surface area contributed by atoms with Gasteiger partial charge in [0.15, 0.2) is 0 Å². The zero-order valence-electron chi connectivity index (χ0n) is 14.2. The van der Waals surface area contributed by atoms with Crippen molar-refractivity contribution in [2.24, 2.45) is 0 Å². The second-order valence-electron chi connectivity index (χ2n) is 6.28. The molecule has 2 aromatic carbocycles. The molecular formula is C20H21FN2O2. The van der Waals surface area contributed by atoms with Gasteiger partial charge in [0, 0.05) is 25.1 Å². The van der Waals surface area contributed by atoms with Crippen LogP contribution >= 0.6 is 0 Å². The van der Waals surface area contributed by atoms with Crippen molar-refractivity contribution in [1.82, 2.24) is 5.32 Å². The van der Waals surface area contributed by atoms with Crippen molar-refractivity contribution in [2.45, 2.75) is 26.2 Å². The average molecular weight is 340 g/mol. The molecular weight excluding hydrogens is 319 g/mol. The van der Waals surface area contributed by atoms with Crippen LogP contribution in [0, 0.1) is 12.7 Å². The highest BCUT2D eigenvalue weighted by atomic mass is 19.1. The molecule has 0 bridgehead atoms. The van der Waals surface area contributed by atoms with Gasteiger partial charge in [0.2, 0.25) is 5.91 Å². The van der Waals surface area contributed by atoms with Crippen LogP contribution in [-0.4, -0.2) is 24.9 Å². The SMILES string of the molecule is Cc1cc(F)c2c(c1)CCCN2C(=O)CCNC(=O)c1ccccc1. The molecule has 130 valence electrons. The molecule has 0 aromatic heterocycles. The summed E-state index contributed by atoms with van der Waals surface area (Å²) >= 11 is 0. The van der Waals surface area contributed by atoms with Gasteiger partial charge < -0.3 is 10.2 Å². The van der Waals surface area contributed by atoms with Gasteiger partial charge in [-0.25, -0.2) is 4.39 Å². The molecule has 25 heavy (non-hydrogen) atoms. The van der Waals surface area contributed by atoms with Crippen LogP contribution in [0.2, 0.25) is 0 Å². The lowest BCUT2D eigenvalue weighted by Crippen LogP contribution is -2.38. The first kappa shape index (κ1) is 17.1. The van der Waals surface area contributed by atoms with E-state index in [1.807, 2.05) is 19.1 Å². The quantitative estimate of drug-likeness (QED) is 0.929. The maximum Gasteiger partial charge on any atom is 0.251 e. The molecule has 1 aliphatic heterocycles. The number of carbonyl (C=O) groups excluding carboxylic acids is 2. The summed E-state index contributed by atoms with van der Waals surface area (Å²) in [5.41, 5.74) is 2.70. The predicted molar refractivity (Wildman–Crippen MR) is 95.2 cm³/mol. The molecule has 5 heteroatoms. The van der Waals surface area contributed by atoms with Gasteiger partial charge in [-0.1, -0.05) is 24.3 Å². The smallest absolute Gasteiger partial charge is 0.251 e. The standard InChI is InChI=1S/C20H21FN2O2/c1-14-12-16-8-5-11-23(19(16)17(21)13-14)18(24)9-10-22-20(25)15-6-3-2-4-7-15/h2-4,6-7,12-13H,5,8-11H2,1H3,(H,22,25). The molecule has 0 unspecified atom stereocenters. The van der Waals surface area contributed by atoms with E-state index in [1.165, 1.54) is 11.0 Å². The molecule has 0 atom stereocenters. The van der Waals surface area contributed by atoms with Crippen molar-refractivity contribution < 1.29 is 14.0 Å². The topological polar surface area (TPSA) is 49.4 Å². The van der Waals surface area contributed by atoms with Gasteiger partial charge in [-0.15, -0.1) is 0 Å². The number of nitrogens with one attached hydrogen (secondary N) is 1. The van der Waals surface area contributed by atoms with Gasteiger partial charge >= 0.3 is 0 Å². The van der Waals surface area contributed by atoms with Gasteiger partial charge in [-0.3, -0.25) is 9.59 Å². The minimum atomic E-state index is -0.351. The average Bonchev–Trinajstić information content (AvgIpc) is 2.61. The molecule has 0 fully saturated rings. The fourth-order valence-corrected chi connectivity index (χ4v) is 3.20. The Hall–Kier alpha value is -2.69. The molecule has 1 heterocycles. The first-order valence-corrected chi connectivity index (χ1v) is 8.49. The van der Waals surface area contributed by atoms with E-state index in [1.54, 1.807) is 24.3 Å². The van der Waals surface area contributed by atoms with Crippen LogP contribution in [0.5, 0.6) is 0 Å². The lowest BCUT2D eigenvalue weighted by atomic mass is 9.98. The fraction of sp³-hybridized carbons (Fsp3) is 0.300. The predicted octanol–water partition coefficient (Wildman–Crippen LogP) is 3.23. The Morgan fingerprint density at radius 1 is 1.20 bits per heavy atom. The summed E-state index contributed by atoms with van der Waals surface area (Å²) in [7, 11) is 0. The monoisotopic (exact) mass is 340 g/mol. The molecule has 2 amide bonds. The number of nitrogens with zero attached hydrogens (tertiary/aromatic N) is 1. The van der Waals surface area contributed by atoms with Crippen molar-refractivity contribution in [1.29, 1.82) is 0 Å². The number of hydrogen-bond donors (Lipinski definition) is 1. The second kappa shape index (κ2) is 7.47. The van der Waals surface area contributed by atoms with Crippen LogP contribution < -0.4 is 10.2 Å². The van der Waals surface area contributed by atoms with Gasteiger partial charge in [-0.2, -0.15) is 0 Å². The van der Waals surface area contributed by atoms with Crippen molar-refractivity contribution in [3.63, 3.8) is 0 Å². The number of hydrogen-bond acceptors (Lipinski definition) is 2. The van der Waals surface area contributed by atoms with Crippen molar-refractivity contribution in [3.05, 3.63) is 65.0 Å². The zero-order chi connectivity index (χ0) is 17.8. The number of carbonyl (C=O) groups is 2. The van der Waals surface area contributed by atoms with Crippen LogP contribution in [0.4, 0.5) is 10.1 Å². The Kier molecular flexibility index (Phi) is 5.12. The van der Waals surface area contributed by atoms with Crippen LogP contribution in [0.1, 0.15) is 34.3 Å². The van der Waals surface area contributed by atoms with E-state index >= 15 is 0 Å². The Labute approximate surface area is 146 Å². The minimum Gasteiger partial charge on any atom is -0.352 e. The highest BCUT2D eigenvalue weighted by molar-refractivity contribution is 5.96. The third-order valence-electron chi connectivity index (χ3n) is 4.35. The number of halogens is 1. The summed E-state index contributed by atoms with van der Waals surface area (Å²) in [6.07, 6.45) is 1.74. The number of aryl methyl sites for hydroxylation is 2. The van der Waals surface area contributed by atoms with Crippen molar-refractivity contribution in [2.75, 3.05) is 18.0 Å². The van der Waals surface area contributed by atoms with Gasteiger partial charge in [0.05, 0.1) is 5.69 Å². The van der Waals surface area contributed by atoms with E-state index in [2.05, 4.69) is 5.32 Å². The molecule has 0 radical (unpaired) electrons. The maximum atomic E-state index is 14.4. The first-order valence-electron chi connectivity index (χ1n) is 8.49. The summed E-state index contributed by atoms with van der Waals surface area (Å²) in [4.78, 5) is 26.0. The van der Waals surface area contributed by atoms with Gasteiger partial charge in [0.25, 0.3) is 5.91 Å². The highest BCUT2D eigenvalue weighted by Crippen LogP contribution is 2.31. The Balaban J connectivity index is 1.63. The molecule has 3 rings (SSSR count). The molecule has 0 saturated carbocycles. The molecule has 2 aromatic rings. The Bertz CT molecular complexity index is 790. The van der Waals surface area contributed by atoms with E-state index in [0.717, 1.165) is 24.0 Å². The molecule has 1 aliphatic rings. The van der Waals surface area contributed by atoms with E-state index in [9.17, 15) is 14.0 Å². The van der Waals surface area contributed by atoms with Crippen LogP contribution in [0.3, 0.4) is 0 Å². The molecule has 0 spiro atoms. The highest BCUT2D eigenvalue weighted by Gasteiger charge is 2.25. The van der Waals surface area contributed by atoms with Crippen molar-refractivity contribution >= 4 is 17.5 Å². The molecule has 0 aliphatic carbocycles. The van der Waals surface area contributed by atoms with Crippen LogP contribution in [0.25, 0.3) is 0 Å². The fourth-order valence-electron chi connectivity index (χ4n) is 3.20. The van der Waals surface area contributed by atoms with Crippen LogP contribution in [0.15, 0.2) is 42.5 Å². The van der Waals surface area contributed by atoms with Gasteiger partial charge in [0.1, 0.15) is 5.82 Å². The van der Waals surface area contributed by atoms with E-state index in [4.69, 9.17) is 0 Å². The summed E-state index contributed by atoms with van der Waals surface area (Å²) < 4.78 is 14.4. The Morgan fingerprint density at radius 2 is 1.96 bits per heavy atom. The van der Waals surface area contributed by atoms with Crippen LogP contribution in [-0.2, 0) is 11.2 Å². The molecule has 0 saturated heterocycles. The van der Waals surface area contributed by atoms with Gasteiger partial charge in [-0.05, 0) is 49.1 Å². The lowest BCUT2D eigenvalue weighted by Gasteiger charge is -2.30. The van der Waals surface area contributed by atoms with Crippen molar-refractivity contribution in [3.8, 4) is 0 Å². The third kappa shape index (κ3) is 3.87. The summed E-state index contributed by atoms with van der Waals surface area (Å²) in [6, 6.07) is 12.2. The zero-order valence-corrected chi connectivity index (χ0v) is 14.2. The largest absolute Gasteiger partial charge is 0.352 e.